The van der Waals surface area contributed by atoms with Crippen molar-refractivity contribution in [1.29, 1.82) is 0 Å². The van der Waals surface area contributed by atoms with Crippen LogP contribution in [0.15, 0.2) is 30.6 Å². The van der Waals surface area contributed by atoms with Crippen LogP contribution in [0.25, 0.3) is 17.2 Å². The van der Waals surface area contributed by atoms with Gasteiger partial charge in [0.25, 0.3) is 0 Å². The van der Waals surface area contributed by atoms with Crippen LogP contribution in [-0.2, 0) is 6.42 Å². The van der Waals surface area contributed by atoms with Gasteiger partial charge in [-0.15, -0.1) is 0 Å². The Balaban J connectivity index is 2.14. The summed E-state index contributed by atoms with van der Waals surface area (Å²) in [6, 6.07) is 5.93. The molecular weight excluding hydrogens is 377 g/mol. The number of fused-ring (bicyclic) bond motifs is 1. The second-order valence-electron chi connectivity index (χ2n) is 4.63. The molecule has 1 N–H and O–H groups in total. The van der Waals surface area contributed by atoms with E-state index in [1.54, 1.807) is 0 Å². The Kier molecular flexibility index (Phi) is 4.05. The summed E-state index contributed by atoms with van der Waals surface area (Å²) >= 11 is 2.30. The molecule has 0 unspecified atom stereocenters. The van der Waals surface area contributed by atoms with E-state index in [-0.39, 0.29) is 0 Å². The summed E-state index contributed by atoms with van der Waals surface area (Å²) in [4.78, 5) is 13.9. The van der Waals surface area contributed by atoms with Crippen LogP contribution in [0.5, 0.6) is 0 Å². The lowest BCUT2D eigenvalue weighted by Crippen LogP contribution is -2.07. The Bertz CT molecular complexity index is 748. The minimum Gasteiger partial charge on any atom is -0.369 e. The molecule has 0 saturated heterocycles. The first-order valence-electron chi connectivity index (χ1n) is 6.97. The van der Waals surface area contributed by atoms with Crippen LogP contribution in [0, 0.1) is 3.57 Å². The number of nitrogens with zero attached hydrogens (tertiary/aromatic N) is 4. The van der Waals surface area contributed by atoms with E-state index >= 15 is 0 Å². The summed E-state index contributed by atoms with van der Waals surface area (Å²) in [6.07, 6.45) is 4.82. The second-order valence-corrected chi connectivity index (χ2v) is 5.71. The fourth-order valence-corrected chi connectivity index (χ4v) is 2.98. The van der Waals surface area contributed by atoms with Crippen LogP contribution in [-0.4, -0.2) is 25.9 Å². The first-order valence-corrected chi connectivity index (χ1v) is 8.05. The number of rotatable bonds is 4. The van der Waals surface area contributed by atoms with Crippen molar-refractivity contribution in [1.82, 2.24) is 19.4 Å². The zero-order valence-electron chi connectivity index (χ0n) is 12.0. The number of nitrogens with one attached hydrogen (secondary N) is 1. The van der Waals surface area contributed by atoms with Crippen molar-refractivity contribution in [2.24, 2.45) is 0 Å². The first-order chi connectivity index (χ1) is 10.2. The van der Waals surface area contributed by atoms with Crippen LogP contribution in [0.3, 0.4) is 0 Å². The molecule has 0 bridgehead atoms. The van der Waals surface area contributed by atoms with E-state index in [0.717, 1.165) is 39.4 Å². The number of aryl methyl sites for hydroxylation is 1. The van der Waals surface area contributed by atoms with Crippen LogP contribution < -0.4 is 5.32 Å². The molecule has 108 valence electrons. The highest BCUT2D eigenvalue weighted by molar-refractivity contribution is 14.1. The Labute approximate surface area is 137 Å². The van der Waals surface area contributed by atoms with Crippen LogP contribution in [0.2, 0.25) is 0 Å². The molecule has 0 radical (unpaired) electrons. The maximum Gasteiger partial charge on any atom is 0.182 e. The van der Waals surface area contributed by atoms with Gasteiger partial charge in [0, 0.05) is 18.9 Å². The highest BCUT2D eigenvalue weighted by atomic mass is 127. The summed E-state index contributed by atoms with van der Waals surface area (Å²) in [5, 5.41) is 3.30. The van der Waals surface area contributed by atoms with Crippen molar-refractivity contribution < 1.29 is 0 Å². The van der Waals surface area contributed by atoms with Gasteiger partial charge in [0.05, 0.1) is 9.26 Å². The molecule has 0 amide bonds. The Morgan fingerprint density at radius 2 is 2.05 bits per heavy atom. The molecular formula is C15H16IN5. The highest BCUT2D eigenvalue weighted by Gasteiger charge is 2.14. The van der Waals surface area contributed by atoms with Gasteiger partial charge in [0.15, 0.2) is 5.82 Å². The summed E-state index contributed by atoms with van der Waals surface area (Å²) < 4.78 is 3.07. The predicted molar refractivity (Wildman–Crippen MR) is 92.5 cm³/mol. The molecule has 3 rings (SSSR count). The van der Waals surface area contributed by atoms with Crippen LogP contribution in [0.4, 0.5) is 5.82 Å². The molecule has 3 heterocycles. The van der Waals surface area contributed by atoms with Gasteiger partial charge in [-0.05, 0) is 48.1 Å². The minimum atomic E-state index is 0.673. The lowest BCUT2D eigenvalue weighted by Gasteiger charge is -2.10. The monoisotopic (exact) mass is 393 g/mol. The van der Waals surface area contributed by atoms with Gasteiger partial charge in [-0.1, -0.05) is 13.0 Å². The van der Waals surface area contributed by atoms with E-state index in [0.29, 0.717) is 5.82 Å². The molecule has 0 saturated carbocycles. The fourth-order valence-electron chi connectivity index (χ4n) is 2.17. The van der Waals surface area contributed by atoms with E-state index < -0.39 is 0 Å². The Morgan fingerprint density at radius 1 is 1.19 bits per heavy atom. The third-order valence-electron chi connectivity index (χ3n) is 3.19. The number of aromatic nitrogens is 4. The summed E-state index contributed by atoms with van der Waals surface area (Å²) in [6.45, 7) is 5.00. The van der Waals surface area contributed by atoms with Gasteiger partial charge in [0.1, 0.15) is 17.2 Å². The van der Waals surface area contributed by atoms with Gasteiger partial charge in [-0.2, -0.15) is 0 Å². The van der Waals surface area contributed by atoms with Gasteiger partial charge in [-0.25, -0.2) is 15.0 Å². The number of pyridine rings is 1. The molecule has 21 heavy (non-hydrogen) atoms. The summed E-state index contributed by atoms with van der Waals surface area (Å²) in [5.41, 5.74) is 2.75. The van der Waals surface area contributed by atoms with Crippen molar-refractivity contribution in [3.05, 3.63) is 39.9 Å². The van der Waals surface area contributed by atoms with E-state index in [1.807, 2.05) is 35.0 Å². The van der Waals surface area contributed by atoms with E-state index in [1.165, 1.54) is 0 Å². The second kappa shape index (κ2) is 5.97. The molecule has 5 nitrogen and oxygen atoms in total. The molecule has 0 fully saturated rings. The van der Waals surface area contributed by atoms with Gasteiger partial charge in [-0.3, -0.25) is 0 Å². The Hall–Kier alpha value is -1.70. The molecule has 0 spiro atoms. The molecule has 0 aromatic carbocycles. The van der Waals surface area contributed by atoms with Crippen molar-refractivity contribution in [2.45, 2.75) is 20.3 Å². The van der Waals surface area contributed by atoms with Gasteiger partial charge in [0.2, 0.25) is 0 Å². The largest absolute Gasteiger partial charge is 0.369 e. The Morgan fingerprint density at radius 3 is 2.76 bits per heavy atom. The minimum absolute atomic E-state index is 0.673. The lowest BCUT2D eigenvalue weighted by molar-refractivity contribution is 0.978. The molecule has 6 heteroatoms. The van der Waals surface area contributed by atoms with E-state index in [2.05, 4.69) is 56.7 Å². The van der Waals surface area contributed by atoms with Gasteiger partial charge >= 0.3 is 0 Å². The number of anilines is 1. The average Bonchev–Trinajstić information content (AvgIpc) is 2.93. The lowest BCUT2D eigenvalue weighted by atomic mass is 10.3. The van der Waals surface area contributed by atoms with Gasteiger partial charge < -0.3 is 9.72 Å². The fraction of sp³-hybridized carbons (Fsp3) is 0.267. The quantitative estimate of drug-likeness (QED) is 0.691. The predicted octanol–water partition coefficient (Wildman–Crippen LogP) is 3.39. The SMILES string of the molecule is CCNc1nc(-c2cn3ccccc3n2)nc(CC)c1I. The van der Waals surface area contributed by atoms with Crippen molar-refractivity contribution in [3.8, 4) is 11.5 Å². The van der Waals surface area contributed by atoms with Crippen molar-refractivity contribution >= 4 is 34.1 Å². The molecule has 3 aromatic rings. The molecule has 0 aliphatic carbocycles. The van der Waals surface area contributed by atoms with Crippen LogP contribution in [0.1, 0.15) is 19.5 Å². The number of hydrogen-bond donors (Lipinski definition) is 1. The van der Waals surface area contributed by atoms with Crippen molar-refractivity contribution in [3.63, 3.8) is 0 Å². The first kappa shape index (κ1) is 14.2. The van der Waals surface area contributed by atoms with Crippen molar-refractivity contribution in [2.75, 3.05) is 11.9 Å². The topological polar surface area (TPSA) is 55.1 Å². The number of halogens is 1. The maximum atomic E-state index is 4.66. The standard InChI is InChI=1S/C15H16IN5/c1-3-10-13(16)15(17-4-2)20-14(19-10)11-9-21-8-6-5-7-12(21)18-11/h5-9H,3-4H2,1-2H3,(H,17,19,20). The smallest absolute Gasteiger partial charge is 0.182 e. The molecule has 3 aromatic heterocycles. The summed E-state index contributed by atoms with van der Waals surface area (Å²) in [5.74, 6) is 1.56. The zero-order chi connectivity index (χ0) is 14.8. The summed E-state index contributed by atoms with van der Waals surface area (Å²) in [7, 11) is 0. The van der Waals surface area contributed by atoms with Crippen LogP contribution >= 0.6 is 22.6 Å². The van der Waals surface area contributed by atoms with E-state index in [4.69, 9.17) is 0 Å². The number of imidazole rings is 1. The molecule has 0 atom stereocenters. The average molecular weight is 393 g/mol. The third-order valence-corrected chi connectivity index (χ3v) is 4.33. The highest BCUT2D eigenvalue weighted by Crippen LogP contribution is 2.24. The molecule has 0 aliphatic rings. The number of hydrogen-bond acceptors (Lipinski definition) is 4. The normalized spacial score (nSPS) is 11.0. The molecule has 0 aliphatic heterocycles. The maximum absolute atomic E-state index is 4.66. The third kappa shape index (κ3) is 2.72. The zero-order valence-corrected chi connectivity index (χ0v) is 14.1. The van der Waals surface area contributed by atoms with E-state index in [9.17, 15) is 0 Å².